The van der Waals surface area contributed by atoms with E-state index in [1.54, 1.807) is 16.2 Å². The van der Waals surface area contributed by atoms with E-state index in [1.165, 1.54) is 10.4 Å². The van der Waals surface area contributed by atoms with Crippen molar-refractivity contribution >= 4 is 29.0 Å². The fourth-order valence-electron chi connectivity index (χ4n) is 3.70. The third-order valence-electron chi connectivity index (χ3n) is 6.16. The number of urea groups is 1. The molecular weight excluding hydrogens is 442 g/mol. The van der Waals surface area contributed by atoms with Crippen LogP contribution in [0.3, 0.4) is 0 Å². The van der Waals surface area contributed by atoms with Gasteiger partial charge in [-0.3, -0.25) is 4.79 Å². The molecule has 0 fully saturated rings. The molecule has 0 spiro atoms. The van der Waals surface area contributed by atoms with Crippen molar-refractivity contribution in [2.24, 2.45) is 0 Å². The SMILES string of the molecule is CCC(C)N(CC(=O)N(Cc1ccccc1)Cc1ccc(C)s1)C(=O)Nc1ccc(C)c(C)c1. The van der Waals surface area contributed by atoms with E-state index in [2.05, 4.69) is 24.4 Å². The van der Waals surface area contributed by atoms with Crippen molar-refractivity contribution in [2.75, 3.05) is 11.9 Å². The van der Waals surface area contributed by atoms with Crippen molar-refractivity contribution in [2.45, 2.75) is 60.2 Å². The molecule has 1 atom stereocenters. The Balaban J connectivity index is 1.78. The Morgan fingerprint density at radius 3 is 2.29 bits per heavy atom. The summed E-state index contributed by atoms with van der Waals surface area (Å²) in [4.78, 5) is 32.6. The highest BCUT2D eigenvalue weighted by molar-refractivity contribution is 7.11. The number of nitrogens with one attached hydrogen (secondary N) is 1. The first-order chi connectivity index (χ1) is 16.3. The minimum Gasteiger partial charge on any atom is -0.332 e. The first-order valence-corrected chi connectivity index (χ1v) is 12.6. The minimum atomic E-state index is -0.252. The lowest BCUT2D eigenvalue weighted by Crippen LogP contribution is -2.47. The largest absolute Gasteiger partial charge is 0.332 e. The van der Waals surface area contributed by atoms with E-state index >= 15 is 0 Å². The molecular formula is C28H35N3O2S. The highest BCUT2D eigenvalue weighted by atomic mass is 32.1. The van der Waals surface area contributed by atoms with Gasteiger partial charge in [-0.25, -0.2) is 4.79 Å². The summed E-state index contributed by atoms with van der Waals surface area (Å²) in [5.41, 5.74) is 4.10. The van der Waals surface area contributed by atoms with Gasteiger partial charge in [0.15, 0.2) is 0 Å². The molecule has 0 bridgehead atoms. The Kier molecular flexibility index (Phi) is 8.88. The van der Waals surface area contributed by atoms with Gasteiger partial charge in [0.25, 0.3) is 0 Å². The molecule has 0 saturated heterocycles. The standard InChI is InChI=1S/C28H35N3O2S/c1-6-22(4)31(28(33)29-25-14-12-20(2)21(3)16-25)19-27(32)30(17-24-10-8-7-9-11-24)18-26-15-13-23(5)34-26/h7-16,22H,6,17-19H2,1-5H3,(H,29,33). The summed E-state index contributed by atoms with van der Waals surface area (Å²) < 4.78 is 0. The number of hydrogen-bond acceptors (Lipinski definition) is 3. The van der Waals surface area contributed by atoms with Gasteiger partial charge in [-0.15, -0.1) is 11.3 Å². The summed E-state index contributed by atoms with van der Waals surface area (Å²) in [6.45, 7) is 11.2. The number of carbonyl (C=O) groups excluding carboxylic acids is 2. The van der Waals surface area contributed by atoms with Crippen LogP contribution >= 0.6 is 11.3 Å². The first-order valence-electron chi connectivity index (χ1n) is 11.8. The molecule has 2 aromatic carbocycles. The molecule has 1 unspecified atom stereocenters. The predicted octanol–water partition coefficient (Wildman–Crippen LogP) is 6.53. The maximum Gasteiger partial charge on any atom is 0.322 e. The topological polar surface area (TPSA) is 52.7 Å². The fraction of sp³-hybridized carbons (Fsp3) is 0.357. The van der Waals surface area contributed by atoms with Crippen molar-refractivity contribution in [3.8, 4) is 0 Å². The van der Waals surface area contributed by atoms with Gasteiger partial charge >= 0.3 is 6.03 Å². The van der Waals surface area contributed by atoms with Crippen molar-refractivity contribution in [1.29, 1.82) is 0 Å². The summed E-state index contributed by atoms with van der Waals surface area (Å²) in [6.07, 6.45) is 0.760. The van der Waals surface area contributed by atoms with Crippen LogP contribution in [0.25, 0.3) is 0 Å². The maximum absolute atomic E-state index is 13.6. The molecule has 0 radical (unpaired) electrons. The Morgan fingerprint density at radius 1 is 0.941 bits per heavy atom. The summed E-state index contributed by atoms with van der Waals surface area (Å²) in [6, 6.07) is 19.7. The number of carbonyl (C=O) groups is 2. The molecule has 0 saturated carbocycles. The van der Waals surface area contributed by atoms with Gasteiger partial charge in [0.05, 0.1) is 6.54 Å². The summed E-state index contributed by atoms with van der Waals surface area (Å²) in [5, 5.41) is 2.99. The van der Waals surface area contributed by atoms with E-state index in [4.69, 9.17) is 0 Å². The van der Waals surface area contributed by atoms with E-state index < -0.39 is 0 Å². The second-order valence-corrected chi connectivity index (χ2v) is 10.2. The van der Waals surface area contributed by atoms with Crippen molar-refractivity contribution in [1.82, 2.24) is 9.80 Å². The van der Waals surface area contributed by atoms with E-state index in [0.29, 0.717) is 13.1 Å². The molecule has 34 heavy (non-hydrogen) atoms. The zero-order valence-corrected chi connectivity index (χ0v) is 21.6. The average Bonchev–Trinajstić information content (AvgIpc) is 3.24. The Hall–Kier alpha value is -3.12. The van der Waals surface area contributed by atoms with Crippen molar-refractivity contribution < 1.29 is 9.59 Å². The smallest absolute Gasteiger partial charge is 0.322 e. The van der Waals surface area contributed by atoms with Gasteiger partial charge in [-0.2, -0.15) is 0 Å². The van der Waals surface area contributed by atoms with Crippen LogP contribution in [0.4, 0.5) is 10.5 Å². The molecule has 0 aliphatic rings. The van der Waals surface area contributed by atoms with Gasteiger partial charge in [0.1, 0.15) is 6.54 Å². The number of anilines is 1. The lowest BCUT2D eigenvalue weighted by Gasteiger charge is -2.31. The normalized spacial score (nSPS) is 11.7. The minimum absolute atomic E-state index is 0.0306. The number of benzene rings is 2. The zero-order chi connectivity index (χ0) is 24.7. The van der Waals surface area contributed by atoms with Crippen LogP contribution in [0, 0.1) is 20.8 Å². The van der Waals surface area contributed by atoms with E-state index in [9.17, 15) is 9.59 Å². The van der Waals surface area contributed by atoms with Crippen molar-refractivity contribution in [3.63, 3.8) is 0 Å². The van der Waals surface area contributed by atoms with Crippen LogP contribution in [0.15, 0.2) is 60.7 Å². The molecule has 5 nitrogen and oxygen atoms in total. The molecule has 0 aliphatic heterocycles. The Labute approximate surface area is 207 Å². The average molecular weight is 478 g/mol. The summed E-state index contributed by atoms with van der Waals surface area (Å²) >= 11 is 1.70. The van der Waals surface area contributed by atoms with Gasteiger partial charge in [-0.05, 0) is 75.1 Å². The fourth-order valence-corrected chi connectivity index (χ4v) is 4.61. The Morgan fingerprint density at radius 2 is 1.68 bits per heavy atom. The monoisotopic (exact) mass is 477 g/mol. The number of amides is 3. The molecule has 1 aromatic heterocycles. The van der Waals surface area contributed by atoms with Crippen molar-refractivity contribution in [3.05, 3.63) is 87.1 Å². The first kappa shape index (κ1) is 25.5. The van der Waals surface area contributed by atoms with Gasteiger partial charge < -0.3 is 15.1 Å². The highest BCUT2D eigenvalue weighted by Crippen LogP contribution is 2.20. The molecule has 1 N–H and O–H groups in total. The lowest BCUT2D eigenvalue weighted by molar-refractivity contribution is -0.133. The molecule has 1 heterocycles. The molecule has 180 valence electrons. The van der Waals surface area contributed by atoms with Crippen LogP contribution in [0.1, 0.15) is 46.7 Å². The van der Waals surface area contributed by atoms with Crippen LogP contribution in [-0.2, 0) is 17.9 Å². The van der Waals surface area contributed by atoms with Crippen LogP contribution in [-0.4, -0.2) is 34.3 Å². The third-order valence-corrected chi connectivity index (χ3v) is 7.14. The molecule has 3 rings (SSSR count). The third kappa shape index (κ3) is 6.94. The van der Waals surface area contributed by atoms with Gasteiger partial charge in [0.2, 0.25) is 5.91 Å². The van der Waals surface area contributed by atoms with E-state index in [-0.39, 0.29) is 24.5 Å². The molecule has 3 aromatic rings. The number of rotatable bonds is 9. The second kappa shape index (κ2) is 11.8. The second-order valence-electron chi connectivity index (χ2n) is 8.86. The number of thiophene rings is 1. The predicted molar refractivity (Wildman–Crippen MR) is 141 cm³/mol. The van der Waals surface area contributed by atoms with Crippen LogP contribution in [0.5, 0.6) is 0 Å². The van der Waals surface area contributed by atoms with Gasteiger partial charge in [-0.1, -0.05) is 43.3 Å². The lowest BCUT2D eigenvalue weighted by atomic mass is 10.1. The number of aryl methyl sites for hydroxylation is 3. The highest BCUT2D eigenvalue weighted by Gasteiger charge is 2.25. The quantitative estimate of drug-likeness (QED) is 0.381. The van der Waals surface area contributed by atoms with E-state index in [1.807, 2.05) is 81.1 Å². The van der Waals surface area contributed by atoms with E-state index in [0.717, 1.165) is 28.1 Å². The summed E-state index contributed by atoms with van der Waals surface area (Å²) in [5.74, 6) is -0.0644. The Bertz CT molecular complexity index is 1110. The molecule has 6 heteroatoms. The molecule has 3 amide bonds. The van der Waals surface area contributed by atoms with Crippen LogP contribution in [0.2, 0.25) is 0 Å². The molecule has 0 aliphatic carbocycles. The zero-order valence-electron chi connectivity index (χ0n) is 20.8. The van der Waals surface area contributed by atoms with Crippen LogP contribution < -0.4 is 5.32 Å². The maximum atomic E-state index is 13.6. The summed E-state index contributed by atoms with van der Waals surface area (Å²) in [7, 11) is 0. The van der Waals surface area contributed by atoms with Gasteiger partial charge in [0, 0.05) is 28.0 Å². The number of nitrogens with zero attached hydrogens (tertiary/aromatic N) is 2. The number of hydrogen-bond donors (Lipinski definition) is 1.